The quantitative estimate of drug-likeness (QED) is 0.397. The maximum absolute atomic E-state index is 5.69. The van der Waals surface area contributed by atoms with Crippen LogP contribution in [0, 0.1) is 0 Å². The van der Waals surface area contributed by atoms with Gasteiger partial charge in [-0.1, -0.05) is 36.4 Å². The van der Waals surface area contributed by atoms with E-state index in [-0.39, 0.29) is 0 Å². The second kappa shape index (κ2) is 12.0. The zero-order valence-electron chi connectivity index (χ0n) is 14.9. The minimum Gasteiger partial charge on any atom is -0.381 e. The minimum atomic E-state index is 0.670. The van der Waals surface area contributed by atoms with Crippen LogP contribution in [0.1, 0.15) is 24.1 Å². The summed E-state index contributed by atoms with van der Waals surface area (Å²) in [5.41, 5.74) is 2.32. The Balaban J connectivity index is 1.47. The third-order valence-electron chi connectivity index (χ3n) is 3.77. The number of nitrogens with one attached hydrogen (secondary N) is 2. The number of ether oxygens (including phenoxy) is 1. The van der Waals surface area contributed by atoms with Crippen molar-refractivity contribution in [2.75, 3.05) is 26.8 Å². The maximum Gasteiger partial charge on any atom is 0.191 e. The Hall–Kier alpha value is -2.40. The van der Waals surface area contributed by atoms with Gasteiger partial charge in [-0.15, -0.1) is 0 Å². The first-order valence-corrected chi connectivity index (χ1v) is 8.84. The number of hydrogen-bond acceptors (Lipinski definition) is 3. The van der Waals surface area contributed by atoms with Gasteiger partial charge in [0.05, 0.1) is 18.8 Å². The van der Waals surface area contributed by atoms with Crippen LogP contribution in [-0.2, 0) is 17.7 Å². The molecule has 0 radical (unpaired) electrons. The number of aromatic nitrogens is 1. The first-order valence-electron chi connectivity index (χ1n) is 8.84. The standard InChI is InChI=1S/C20H28N4O/c1-21-20(24-17-19-11-5-6-13-22-19)23-14-7-8-15-25-16-12-18-9-3-2-4-10-18/h2-6,9-11,13H,7-8,12,14-17H2,1H3,(H2,21,23,24). The van der Waals surface area contributed by atoms with Crippen LogP contribution in [0.15, 0.2) is 59.7 Å². The molecule has 0 aliphatic rings. The van der Waals surface area contributed by atoms with Crippen molar-refractivity contribution in [3.63, 3.8) is 0 Å². The van der Waals surface area contributed by atoms with E-state index in [1.54, 1.807) is 13.2 Å². The second-order valence-electron chi connectivity index (χ2n) is 5.73. The zero-order chi connectivity index (χ0) is 17.6. The summed E-state index contributed by atoms with van der Waals surface area (Å²) in [6.07, 6.45) is 4.86. The number of nitrogens with zero attached hydrogens (tertiary/aromatic N) is 2. The second-order valence-corrected chi connectivity index (χ2v) is 5.73. The Kier molecular flexibility index (Phi) is 9.11. The van der Waals surface area contributed by atoms with Gasteiger partial charge in [0.15, 0.2) is 5.96 Å². The first kappa shape index (κ1) is 18.9. The molecule has 1 heterocycles. The predicted molar refractivity (Wildman–Crippen MR) is 103 cm³/mol. The van der Waals surface area contributed by atoms with Crippen molar-refractivity contribution in [2.24, 2.45) is 4.99 Å². The molecule has 0 aliphatic carbocycles. The molecule has 0 spiro atoms. The lowest BCUT2D eigenvalue weighted by molar-refractivity contribution is 0.133. The van der Waals surface area contributed by atoms with Gasteiger partial charge in [-0.3, -0.25) is 9.98 Å². The van der Waals surface area contributed by atoms with E-state index in [4.69, 9.17) is 4.74 Å². The van der Waals surface area contributed by atoms with Gasteiger partial charge in [-0.2, -0.15) is 0 Å². The lowest BCUT2D eigenvalue weighted by Gasteiger charge is -2.11. The number of aliphatic imine (C=N–C) groups is 1. The van der Waals surface area contributed by atoms with Crippen molar-refractivity contribution in [2.45, 2.75) is 25.8 Å². The molecule has 0 bridgehead atoms. The summed E-state index contributed by atoms with van der Waals surface area (Å²) in [4.78, 5) is 8.50. The molecule has 1 aromatic carbocycles. The Bertz CT molecular complexity index is 602. The monoisotopic (exact) mass is 340 g/mol. The van der Waals surface area contributed by atoms with Crippen molar-refractivity contribution in [1.82, 2.24) is 15.6 Å². The third-order valence-corrected chi connectivity index (χ3v) is 3.77. The number of hydrogen-bond donors (Lipinski definition) is 2. The van der Waals surface area contributed by atoms with E-state index in [9.17, 15) is 0 Å². The fraction of sp³-hybridized carbons (Fsp3) is 0.400. The zero-order valence-corrected chi connectivity index (χ0v) is 14.9. The Morgan fingerprint density at radius 1 is 1.00 bits per heavy atom. The lowest BCUT2D eigenvalue weighted by Crippen LogP contribution is -2.37. The van der Waals surface area contributed by atoms with Crippen molar-refractivity contribution in [1.29, 1.82) is 0 Å². The van der Waals surface area contributed by atoms with Gasteiger partial charge < -0.3 is 15.4 Å². The molecule has 5 nitrogen and oxygen atoms in total. The summed E-state index contributed by atoms with van der Waals surface area (Å²) in [6, 6.07) is 16.3. The van der Waals surface area contributed by atoms with E-state index in [1.807, 2.05) is 24.3 Å². The minimum absolute atomic E-state index is 0.670. The topological polar surface area (TPSA) is 58.5 Å². The summed E-state index contributed by atoms with van der Waals surface area (Å²) in [6.45, 7) is 3.13. The molecular weight excluding hydrogens is 312 g/mol. The summed E-state index contributed by atoms with van der Waals surface area (Å²) < 4.78 is 5.69. The van der Waals surface area contributed by atoms with Gasteiger partial charge in [0.2, 0.25) is 0 Å². The van der Waals surface area contributed by atoms with Crippen molar-refractivity contribution >= 4 is 5.96 Å². The molecule has 134 valence electrons. The molecule has 0 saturated heterocycles. The SMILES string of the molecule is CN=C(NCCCCOCCc1ccccc1)NCc1ccccn1. The van der Waals surface area contributed by atoms with Crippen molar-refractivity contribution in [3.05, 3.63) is 66.0 Å². The molecule has 0 atom stereocenters. The van der Waals surface area contributed by atoms with Crippen LogP contribution in [0.3, 0.4) is 0 Å². The van der Waals surface area contributed by atoms with Crippen LogP contribution in [0.4, 0.5) is 0 Å². The molecule has 2 N–H and O–H groups in total. The van der Waals surface area contributed by atoms with Gasteiger partial charge in [0, 0.05) is 26.4 Å². The third kappa shape index (κ3) is 8.31. The summed E-state index contributed by atoms with van der Waals surface area (Å²) in [5, 5.41) is 6.57. The number of benzene rings is 1. The van der Waals surface area contributed by atoms with E-state index in [1.165, 1.54) is 5.56 Å². The maximum atomic E-state index is 5.69. The number of rotatable bonds is 10. The average Bonchev–Trinajstić information content (AvgIpc) is 2.68. The number of pyridine rings is 1. The van der Waals surface area contributed by atoms with Gasteiger partial charge >= 0.3 is 0 Å². The summed E-state index contributed by atoms with van der Waals surface area (Å²) in [7, 11) is 1.78. The average molecular weight is 340 g/mol. The highest BCUT2D eigenvalue weighted by molar-refractivity contribution is 5.79. The molecule has 5 heteroatoms. The Morgan fingerprint density at radius 2 is 1.84 bits per heavy atom. The van der Waals surface area contributed by atoms with Gasteiger partial charge in [-0.05, 0) is 37.0 Å². The molecule has 0 amide bonds. The van der Waals surface area contributed by atoms with Crippen LogP contribution in [0.5, 0.6) is 0 Å². The smallest absolute Gasteiger partial charge is 0.191 e. The molecule has 0 aliphatic heterocycles. The van der Waals surface area contributed by atoms with E-state index in [0.29, 0.717) is 6.54 Å². The highest BCUT2D eigenvalue weighted by atomic mass is 16.5. The van der Waals surface area contributed by atoms with Crippen LogP contribution < -0.4 is 10.6 Å². The number of guanidine groups is 1. The first-order chi connectivity index (χ1) is 12.4. The Morgan fingerprint density at radius 3 is 2.60 bits per heavy atom. The molecular formula is C20H28N4O. The highest BCUT2D eigenvalue weighted by Crippen LogP contribution is 2.00. The fourth-order valence-electron chi connectivity index (χ4n) is 2.37. The van der Waals surface area contributed by atoms with Crippen LogP contribution in [0.25, 0.3) is 0 Å². The van der Waals surface area contributed by atoms with Crippen LogP contribution in [0.2, 0.25) is 0 Å². The van der Waals surface area contributed by atoms with E-state index in [2.05, 4.69) is 44.9 Å². The predicted octanol–water partition coefficient (Wildman–Crippen LogP) is 2.79. The normalized spacial score (nSPS) is 11.3. The van der Waals surface area contributed by atoms with Crippen molar-refractivity contribution in [3.8, 4) is 0 Å². The van der Waals surface area contributed by atoms with Gasteiger partial charge in [-0.25, -0.2) is 0 Å². The van der Waals surface area contributed by atoms with Crippen LogP contribution in [-0.4, -0.2) is 37.7 Å². The molecule has 0 unspecified atom stereocenters. The van der Waals surface area contributed by atoms with Crippen molar-refractivity contribution < 1.29 is 4.74 Å². The van der Waals surface area contributed by atoms with E-state index >= 15 is 0 Å². The van der Waals surface area contributed by atoms with Gasteiger partial charge in [0.1, 0.15) is 0 Å². The molecule has 0 saturated carbocycles. The Labute approximate surface area is 150 Å². The van der Waals surface area contributed by atoms with E-state index in [0.717, 1.165) is 50.7 Å². The summed E-state index contributed by atoms with van der Waals surface area (Å²) in [5.74, 6) is 0.802. The largest absolute Gasteiger partial charge is 0.381 e. The molecule has 2 aromatic rings. The van der Waals surface area contributed by atoms with Crippen LogP contribution >= 0.6 is 0 Å². The molecule has 0 fully saturated rings. The molecule has 25 heavy (non-hydrogen) atoms. The molecule has 1 aromatic heterocycles. The van der Waals surface area contributed by atoms with E-state index < -0.39 is 0 Å². The summed E-state index contributed by atoms with van der Waals surface area (Å²) >= 11 is 0. The van der Waals surface area contributed by atoms with Gasteiger partial charge in [0.25, 0.3) is 0 Å². The fourth-order valence-corrected chi connectivity index (χ4v) is 2.37. The highest BCUT2D eigenvalue weighted by Gasteiger charge is 1.98. The lowest BCUT2D eigenvalue weighted by atomic mass is 10.2. The molecule has 2 rings (SSSR count). The number of unbranched alkanes of at least 4 members (excludes halogenated alkanes) is 1.